The first-order valence-corrected chi connectivity index (χ1v) is 17.0. The van der Waals surface area contributed by atoms with Crippen LogP contribution in [0.3, 0.4) is 0 Å². The van der Waals surface area contributed by atoms with E-state index < -0.39 is 0 Å². The van der Waals surface area contributed by atoms with Crippen molar-refractivity contribution in [1.29, 1.82) is 0 Å². The Bertz CT molecular complexity index is 2950. The molecule has 0 spiro atoms. The fourth-order valence-corrected chi connectivity index (χ4v) is 7.47. The summed E-state index contributed by atoms with van der Waals surface area (Å²) < 4.78 is 33.1. The number of fused-ring (bicyclic) bond motifs is 6. The molecule has 50 heavy (non-hydrogen) atoms. The molecule has 2 aromatic heterocycles. The van der Waals surface area contributed by atoms with Crippen molar-refractivity contribution in [2.75, 3.05) is 0 Å². The highest BCUT2D eigenvalue weighted by Crippen LogP contribution is 2.39. The van der Waals surface area contributed by atoms with Crippen molar-refractivity contribution in [3.8, 4) is 44.8 Å². The van der Waals surface area contributed by atoms with E-state index >= 15 is 0 Å². The van der Waals surface area contributed by atoms with Crippen LogP contribution < -0.4 is 0 Å². The van der Waals surface area contributed by atoms with Crippen LogP contribution in [-0.4, -0.2) is 9.13 Å². The molecule has 2 nitrogen and oxygen atoms in total. The normalized spacial score (nSPS) is 12.4. The van der Waals surface area contributed by atoms with Crippen molar-refractivity contribution >= 4 is 43.6 Å². The largest absolute Gasteiger partial charge is 0.309 e. The van der Waals surface area contributed by atoms with Crippen molar-refractivity contribution in [3.05, 3.63) is 194 Å². The summed E-state index contributed by atoms with van der Waals surface area (Å²) in [7, 11) is 0. The zero-order chi connectivity index (χ0) is 35.6. The fraction of sp³-hybridized carbons (Fsp3) is 0. The third-order valence-corrected chi connectivity index (χ3v) is 9.78. The van der Waals surface area contributed by atoms with Gasteiger partial charge >= 0.3 is 0 Å². The Morgan fingerprint density at radius 1 is 0.280 bits per heavy atom. The van der Waals surface area contributed by atoms with Gasteiger partial charge in [-0.1, -0.05) is 127 Å². The predicted octanol–water partition coefficient (Wildman–Crippen LogP) is 12.9. The number of hydrogen-bond donors (Lipinski definition) is 0. The average molecular weight is 640 g/mol. The molecule has 0 radical (unpaired) electrons. The van der Waals surface area contributed by atoms with Crippen molar-refractivity contribution in [1.82, 2.24) is 9.13 Å². The molecule has 0 aliphatic rings. The zero-order valence-electron chi connectivity index (χ0n) is 30.1. The molecule has 8 aromatic carbocycles. The summed E-state index contributed by atoms with van der Waals surface area (Å²) >= 11 is 0. The molecule has 0 aliphatic carbocycles. The van der Waals surface area contributed by atoms with E-state index in [1.807, 2.05) is 78.9 Å². The highest BCUT2D eigenvalue weighted by atomic mass is 15.0. The van der Waals surface area contributed by atoms with Gasteiger partial charge in [-0.25, -0.2) is 0 Å². The van der Waals surface area contributed by atoms with Crippen LogP contribution in [0.15, 0.2) is 194 Å². The van der Waals surface area contributed by atoms with Crippen molar-refractivity contribution in [3.63, 3.8) is 0 Å². The van der Waals surface area contributed by atoms with Crippen LogP contribution in [0.4, 0.5) is 0 Å². The molecule has 0 atom stereocenters. The van der Waals surface area contributed by atoms with E-state index in [0.29, 0.717) is 16.8 Å². The molecule has 0 N–H and O–H groups in total. The third kappa shape index (κ3) is 4.57. The minimum atomic E-state index is 0.165. The second-order valence-electron chi connectivity index (χ2n) is 12.7. The van der Waals surface area contributed by atoms with Gasteiger partial charge in [-0.05, 0) is 100 Å². The third-order valence-electron chi connectivity index (χ3n) is 9.78. The van der Waals surface area contributed by atoms with E-state index in [9.17, 15) is 4.11 Å². The number of hydrogen-bond acceptors (Lipinski definition) is 0. The zero-order valence-corrected chi connectivity index (χ0v) is 27.1. The SMILES string of the molecule is [2H]c1c(-c2ccccc2)c([2H])c(-n2c3ccccc3c3cc(-c4ccc5c(c4)c4ccccc4n5-c4ccccc4)ccc32)c([2H])c1-c1ccccc1. The van der Waals surface area contributed by atoms with Gasteiger partial charge in [0.25, 0.3) is 0 Å². The molecule has 2 heterocycles. The maximum Gasteiger partial charge on any atom is 0.0651 e. The lowest BCUT2D eigenvalue weighted by atomic mass is 9.98. The summed E-state index contributed by atoms with van der Waals surface area (Å²) in [5.74, 6) is 0. The molecule has 234 valence electrons. The Morgan fingerprint density at radius 3 is 1.18 bits per heavy atom. The fourth-order valence-electron chi connectivity index (χ4n) is 7.47. The summed E-state index contributed by atoms with van der Waals surface area (Å²) in [5, 5.41) is 4.49. The number of aromatic nitrogens is 2. The van der Waals surface area contributed by atoms with Gasteiger partial charge in [0.2, 0.25) is 0 Å². The number of benzene rings is 8. The van der Waals surface area contributed by atoms with Crippen molar-refractivity contribution in [2.45, 2.75) is 0 Å². The molecule has 10 aromatic rings. The Balaban J connectivity index is 1.22. The van der Waals surface area contributed by atoms with E-state index in [-0.39, 0.29) is 18.1 Å². The van der Waals surface area contributed by atoms with Gasteiger partial charge in [0.1, 0.15) is 0 Å². The summed E-state index contributed by atoms with van der Waals surface area (Å²) in [6.45, 7) is 0. The van der Waals surface area contributed by atoms with Crippen molar-refractivity contribution < 1.29 is 4.11 Å². The molecule has 0 amide bonds. The highest BCUT2D eigenvalue weighted by molar-refractivity contribution is 6.12. The summed E-state index contributed by atoms with van der Waals surface area (Å²) in [4.78, 5) is 0. The Labute approximate surface area is 294 Å². The van der Waals surface area contributed by atoms with Gasteiger partial charge in [-0.2, -0.15) is 0 Å². The molecule has 0 bridgehead atoms. The van der Waals surface area contributed by atoms with Crippen LogP contribution in [0.2, 0.25) is 0 Å². The minimum Gasteiger partial charge on any atom is -0.309 e. The van der Waals surface area contributed by atoms with E-state index in [0.717, 1.165) is 55.3 Å². The van der Waals surface area contributed by atoms with Crippen LogP contribution in [0, 0.1) is 0 Å². The molecule has 0 saturated heterocycles. The molecule has 0 saturated carbocycles. The molecular weight excluding hydrogens is 605 g/mol. The van der Waals surface area contributed by atoms with Crippen LogP contribution in [-0.2, 0) is 0 Å². The van der Waals surface area contributed by atoms with Gasteiger partial charge in [0, 0.05) is 32.9 Å². The van der Waals surface area contributed by atoms with Crippen LogP contribution in [0.1, 0.15) is 4.11 Å². The number of rotatable bonds is 5. The van der Waals surface area contributed by atoms with E-state index in [1.165, 1.54) is 16.3 Å². The number of nitrogens with zero attached hydrogens (tertiary/aromatic N) is 2. The molecule has 10 rings (SSSR count). The van der Waals surface area contributed by atoms with Gasteiger partial charge in [0.15, 0.2) is 0 Å². The first-order chi connectivity index (χ1) is 26.1. The lowest BCUT2D eigenvalue weighted by Crippen LogP contribution is -1.96. The van der Waals surface area contributed by atoms with Crippen molar-refractivity contribution in [2.24, 2.45) is 0 Å². The van der Waals surface area contributed by atoms with Crippen LogP contribution >= 0.6 is 0 Å². The van der Waals surface area contributed by atoms with E-state index in [4.69, 9.17) is 0 Å². The second-order valence-corrected chi connectivity index (χ2v) is 12.7. The van der Waals surface area contributed by atoms with Gasteiger partial charge in [-0.15, -0.1) is 0 Å². The molecule has 2 heteroatoms. The Kier molecular flexibility index (Phi) is 5.84. The average Bonchev–Trinajstić information content (AvgIpc) is 3.71. The standard InChI is InChI=1S/C48H32N2/c1-4-14-33(15-5-1)37-28-38(34-16-6-2-7-17-34)30-40(29-37)50-46-23-13-11-21-42(46)44-32-36(25-27-48(44)50)35-24-26-47-43(31-35)41-20-10-12-22-45(41)49(47)39-18-8-3-9-19-39/h1-32H/i28D,29D,30D. The first kappa shape index (κ1) is 25.4. The Hall–Kier alpha value is -6.64. The van der Waals surface area contributed by atoms with Gasteiger partial charge < -0.3 is 9.13 Å². The monoisotopic (exact) mass is 639 g/mol. The second kappa shape index (κ2) is 11.5. The molecule has 0 fully saturated rings. The minimum absolute atomic E-state index is 0.165. The van der Waals surface area contributed by atoms with Gasteiger partial charge in [0.05, 0.1) is 26.2 Å². The maximum atomic E-state index is 9.67. The van der Waals surface area contributed by atoms with E-state index in [1.54, 1.807) is 0 Å². The summed E-state index contributed by atoms with van der Waals surface area (Å²) in [5.41, 5.74) is 10.6. The maximum absolute atomic E-state index is 9.67. The summed E-state index contributed by atoms with van der Waals surface area (Å²) in [6.07, 6.45) is 0. The topological polar surface area (TPSA) is 9.86 Å². The highest BCUT2D eigenvalue weighted by Gasteiger charge is 2.17. The van der Waals surface area contributed by atoms with E-state index in [2.05, 4.69) is 106 Å². The van der Waals surface area contributed by atoms with Crippen LogP contribution in [0.5, 0.6) is 0 Å². The molecule has 0 unspecified atom stereocenters. The first-order valence-electron chi connectivity index (χ1n) is 18.5. The van der Waals surface area contributed by atoms with Crippen LogP contribution in [0.25, 0.3) is 88.4 Å². The molecular formula is C48H32N2. The molecule has 0 aliphatic heterocycles. The Morgan fingerprint density at radius 2 is 0.680 bits per heavy atom. The quantitative estimate of drug-likeness (QED) is 0.177. The van der Waals surface area contributed by atoms with Gasteiger partial charge in [-0.3, -0.25) is 0 Å². The lowest BCUT2D eigenvalue weighted by Gasteiger charge is -2.14. The predicted molar refractivity (Wildman–Crippen MR) is 211 cm³/mol. The summed E-state index contributed by atoms with van der Waals surface area (Å²) in [6, 6.07) is 60.5. The number of para-hydroxylation sites is 3. The smallest absolute Gasteiger partial charge is 0.0651 e. The lowest BCUT2D eigenvalue weighted by molar-refractivity contribution is 1.18.